The van der Waals surface area contributed by atoms with Crippen LogP contribution >= 0.6 is 23.1 Å². The molecular formula is C17H20N4OS2. The molecule has 0 fully saturated rings. The monoisotopic (exact) mass is 360 g/mol. The summed E-state index contributed by atoms with van der Waals surface area (Å²) in [6, 6.07) is 7.57. The zero-order valence-corrected chi connectivity index (χ0v) is 15.6. The number of hydrogen-bond acceptors (Lipinski definition) is 5. The second kappa shape index (κ2) is 7.36. The maximum Gasteiger partial charge on any atom is 0.261 e. The predicted octanol–water partition coefficient (Wildman–Crippen LogP) is 3.63. The Bertz CT molecular complexity index is 836. The largest absolute Gasteiger partial charge is 0.341 e. The van der Waals surface area contributed by atoms with Crippen LogP contribution in [0.15, 0.2) is 30.5 Å². The molecule has 0 bridgehead atoms. The Morgan fingerprint density at radius 2 is 2.21 bits per heavy atom. The molecule has 0 aliphatic heterocycles. The smallest absolute Gasteiger partial charge is 0.261 e. The van der Waals surface area contributed by atoms with Crippen LogP contribution in [0.5, 0.6) is 0 Å². The van der Waals surface area contributed by atoms with E-state index in [9.17, 15) is 4.79 Å². The molecular weight excluding hydrogens is 340 g/mol. The number of nitrogens with zero attached hydrogens (tertiary/aromatic N) is 3. The van der Waals surface area contributed by atoms with E-state index in [2.05, 4.69) is 21.8 Å². The van der Waals surface area contributed by atoms with Gasteiger partial charge in [0.1, 0.15) is 0 Å². The highest BCUT2D eigenvalue weighted by molar-refractivity contribution is 7.98. The minimum Gasteiger partial charge on any atom is -0.341 e. The van der Waals surface area contributed by atoms with Gasteiger partial charge in [0.15, 0.2) is 11.5 Å². The lowest BCUT2D eigenvalue weighted by molar-refractivity contribution is 0.0938. The number of carbonyl (C=O) groups excluding carboxylic acids is 1. The van der Waals surface area contributed by atoms with E-state index < -0.39 is 0 Å². The van der Waals surface area contributed by atoms with Gasteiger partial charge in [-0.1, -0.05) is 6.07 Å². The van der Waals surface area contributed by atoms with Gasteiger partial charge in [-0.05, 0) is 56.0 Å². The zero-order valence-electron chi connectivity index (χ0n) is 13.9. The molecule has 1 atom stereocenters. The number of hydrogen-bond donors (Lipinski definition) is 1. The SMILES string of the molecule is CSCCC(NC(=O)c1cc(C)c(C)s1)c1nnc2ccccn12. The molecule has 126 valence electrons. The number of aromatic nitrogens is 3. The van der Waals surface area contributed by atoms with Crippen LogP contribution in [0.4, 0.5) is 0 Å². The van der Waals surface area contributed by atoms with Crippen LogP contribution in [0, 0.1) is 13.8 Å². The molecule has 1 amide bonds. The van der Waals surface area contributed by atoms with Crippen molar-refractivity contribution < 1.29 is 4.79 Å². The molecule has 7 heteroatoms. The average molecular weight is 361 g/mol. The number of fused-ring (bicyclic) bond motifs is 1. The van der Waals surface area contributed by atoms with Gasteiger partial charge < -0.3 is 5.32 Å². The molecule has 0 saturated heterocycles. The van der Waals surface area contributed by atoms with Crippen molar-refractivity contribution in [2.24, 2.45) is 0 Å². The first-order valence-corrected chi connectivity index (χ1v) is 9.97. The topological polar surface area (TPSA) is 59.3 Å². The number of carbonyl (C=O) groups is 1. The third-order valence-corrected chi connectivity index (χ3v) is 5.75. The molecule has 3 aromatic rings. The summed E-state index contributed by atoms with van der Waals surface area (Å²) in [6.45, 7) is 4.06. The average Bonchev–Trinajstić information content (AvgIpc) is 3.15. The summed E-state index contributed by atoms with van der Waals surface area (Å²) in [7, 11) is 0. The lowest BCUT2D eigenvalue weighted by Crippen LogP contribution is -2.29. The van der Waals surface area contributed by atoms with Crippen LogP contribution in [-0.2, 0) is 0 Å². The van der Waals surface area contributed by atoms with Gasteiger partial charge in [-0.2, -0.15) is 11.8 Å². The van der Waals surface area contributed by atoms with E-state index in [-0.39, 0.29) is 11.9 Å². The number of aryl methyl sites for hydroxylation is 2. The van der Waals surface area contributed by atoms with Crippen LogP contribution in [0.1, 0.15) is 38.4 Å². The Morgan fingerprint density at radius 1 is 1.38 bits per heavy atom. The van der Waals surface area contributed by atoms with Crippen LogP contribution in [0.2, 0.25) is 0 Å². The Labute approximate surface area is 149 Å². The molecule has 1 unspecified atom stereocenters. The predicted molar refractivity (Wildman–Crippen MR) is 100.0 cm³/mol. The fourth-order valence-electron chi connectivity index (χ4n) is 2.51. The number of pyridine rings is 1. The van der Waals surface area contributed by atoms with E-state index in [0.29, 0.717) is 0 Å². The summed E-state index contributed by atoms with van der Waals surface area (Å²) >= 11 is 3.29. The molecule has 24 heavy (non-hydrogen) atoms. The molecule has 0 aliphatic rings. The highest BCUT2D eigenvalue weighted by Gasteiger charge is 2.21. The van der Waals surface area contributed by atoms with Gasteiger partial charge in [-0.3, -0.25) is 9.20 Å². The van der Waals surface area contributed by atoms with E-state index in [1.807, 2.05) is 48.7 Å². The van der Waals surface area contributed by atoms with Crippen LogP contribution in [-0.4, -0.2) is 32.5 Å². The lowest BCUT2D eigenvalue weighted by Gasteiger charge is -2.16. The second-order valence-corrected chi connectivity index (χ2v) is 7.89. The first kappa shape index (κ1) is 17.0. The van der Waals surface area contributed by atoms with Crippen molar-refractivity contribution in [1.82, 2.24) is 19.9 Å². The minimum absolute atomic E-state index is 0.0463. The van der Waals surface area contributed by atoms with Crippen molar-refractivity contribution in [3.05, 3.63) is 51.6 Å². The van der Waals surface area contributed by atoms with Gasteiger partial charge in [-0.15, -0.1) is 21.5 Å². The van der Waals surface area contributed by atoms with Gasteiger partial charge in [0, 0.05) is 11.1 Å². The van der Waals surface area contributed by atoms with Gasteiger partial charge in [0.2, 0.25) is 0 Å². The summed E-state index contributed by atoms with van der Waals surface area (Å²) < 4.78 is 1.94. The Hall–Kier alpha value is -1.86. The van der Waals surface area contributed by atoms with Gasteiger partial charge in [0.25, 0.3) is 5.91 Å². The summed E-state index contributed by atoms with van der Waals surface area (Å²) in [5, 5.41) is 11.7. The molecule has 1 N–H and O–H groups in total. The summed E-state index contributed by atoms with van der Waals surface area (Å²) in [5.41, 5.74) is 1.94. The van der Waals surface area contributed by atoms with Crippen molar-refractivity contribution in [2.45, 2.75) is 26.3 Å². The van der Waals surface area contributed by atoms with E-state index in [1.54, 1.807) is 11.8 Å². The Morgan fingerprint density at radius 3 is 2.92 bits per heavy atom. The Balaban J connectivity index is 1.87. The van der Waals surface area contributed by atoms with E-state index in [4.69, 9.17) is 0 Å². The van der Waals surface area contributed by atoms with Crippen molar-refractivity contribution in [3.8, 4) is 0 Å². The number of thiophene rings is 1. The fraction of sp³-hybridized carbons (Fsp3) is 0.353. The second-order valence-electron chi connectivity index (χ2n) is 5.64. The maximum atomic E-state index is 12.7. The molecule has 0 spiro atoms. The van der Waals surface area contributed by atoms with Crippen LogP contribution in [0.3, 0.4) is 0 Å². The summed E-state index contributed by atoms with van der Waals surface area (Å²) in [6.07, 6.45) is 4.81. The maximum absolute atomic E-state index is 12.7. The highest BCUT2D eigenvalue weighted by Crippen LogP contribution is 2.23. The van der Waals surface area contributed by atoms with Crippen molar-refractivity contribution in [2.75, 3.05) is 12.0 Å². The number of rotatable bonds is 6. The molecule has 0 aliphatic carbocycles. The van der Waals surface area contributed by atoms with Crippen LogP contribution in [0.25, 0.3) is 5.65 Å². The molecule has 5 nitrogen and oxygen atoms in total. The fourth-order valence-corrected chi connectivity index (χ4v) is 3.92. The minimum atomic E-state index is -0.162. The molecule has 3 aromatic heterocycles. The summed E-state index contributed by atoms with van der Waals surface area (Å²) in [5.74, 6) is 1.67. The first-order valence-electron chi connectivity index (χ1n) is 7.76. The quantitative estimate of drug-likeness (QED) is 0.729. The van der Waals surface area contributed by atoms with Crippen molar-refractivity contribution in [1.29, 1.82) is 0 Å². The third kappa shape index (κ3) is 3.47. The number of amides is 1. The summed E-state index contributed by atoms with van der Waals surface area (Å²) in [4.78, 5) is 14.6. The number of nitrogens with one attached hydrogen (secondary N) is 1. The van der Waals surface area contributed by atoms with Gasteiger partial charge in [0.05, 0.1) is 10.9 Å². The van der Waals surface area contributed by atoms with Gasteiger partial charge in [-0.25, -0.2) is 0 Å². The van der Waals surface area contributed by atoms with Crippen molar-refractivity contribution >= 4 is 34.7 Å². The van der Waals surface area contributed by atoms with E-state index in [1.165, 1.54) is 16.2 Å². The lowest BCUT2D eigenvalue weighted by atomic mass is 10.2. The molecule has 0 aromatic carbocycles. The first-order chi connectivity index (χ1) is 11.6. The normalized spacial score (nSPS) is 12.5. The molecule has 0 radical (unpaired) electrons. The van der Waals surface area contributed by atoms with Crippen LogP contribution < -0.4 is 5.32 Å². The molecule has 3 heterocycles. The Kier molecular flexibility index (Phi) is 5.20. The zero-order chi connectivity index (χ0) is 17.1. The van der Waals surface area contributed by atoms with Gasteiger partial charge >= 0.3 is 0 Å². The third-order valence-electron chi connectivity index (χ3n) is 3.96. The number of thioether (sulfide) groups is 1. The van der Waals surface area contributed by atoms with Crippen molar-refractivity contribution in [3.63, 3.8) is 0 Å². The standard InChI is InChI=1S/C17H20N4OS2/c1-11-10-14(24-12(11)2)17(22)18-13(7-9-23-3)16-20-19-15-6-4-5-8-21(15)16/h4-6,8,10,13H,7,9H2,1-3H3,(H,18,22). The molecule has 0 saturated carbocycles. The van der Waals surface area contributed by atoms with E-state index >= 15 is 0 Å². The highest BCUT2D eigenvalue weighted by atomic mass is 32.2. The van der Waals surface area contributed by atoms with E-state index in [0.717, 1.165) is 34.1 Å². The molecule has 3 rings (SSSR count).